The predicted octanol–water partition coefficient (Wildman–Crippen LogP) is 4.75. The van der Waals surface area contributed by atoms with E-state index in [2.05, 4.69) is 20.2 Å². The van der Waals surface area contributed by atoms with Crippen molar-refractivity contribution in [1.29, 1.82) is 0 Å². The second-order valence-corrected chi connectivity index (χ2v) is 9.31. The summed E-state index contributed by atoms with van der Waals surface area (Å²) in [6, 6.07) is 3.80. The molecule has 0 saturated heterocycles. The number of hydrogen-bond donors (Lipinski definition) is 3. The van der Waals surface area contributed by atoms with Crippen molar-refractivity contribution in [3.63, 3.8) is 0 Å². The van der Waals surface area contributed by atoms with Gasteiger partial charge in [-0.2, -0.15) is 0 Å². The van der Waals surface area contributed by atoms with Crippen molar-refractivity contribution in [3.05, 3.63) is 56.5 Å². The number of rotatable bonds is 5. The van der Waals surface area contributed by atoms with Crippen molar-refractivity contribution in [2.75, 3.05) is 20.1 Å². The average molecular weight is 477 g/mol. The minimum Gasteiger partial charge on any atom is -0.397 e. The number of nitrogens with two attached hydrogens (primary N) is 2. The molecule has 3 rings (SSSR count). The molecule has 1 aromatic rings. The Morgan fingerprint density at radius 2 is 2.00 bits per heavy atom. The van der Waals surface area contributed by atoms with Crippen LogP contribution in [0.3, 0.4) is 0 Å². The highest BCUT2D eigenvalue weighted by Crippen LogP contribution is 2.30. The van der Waals surface area contributed by atoms with Gasteiger partial charge in [0.15, 0.2) is 0 Å². The van der Waals surface area contributed by atoms with E-state index < -0.39 is 0 Å². The van der Waals surface area contributed by atoms with Crippen LogP contribution in [0.2, 0.25) is 10.0 Å². The van der Waals surface area contributed by atoms with E-state index in [1.807, 2.05) is 39.1 Å². The maximum Gasteiger partial charge on any atom is 0.142 e. The molecule has 8 heteroatoms. The summed E-state index contributed by atoms with van der Waals surface area (Å²) in [7, 11) is 1.84. The average Bonchev–Trinajstić information content (AvgIpc) is 2.80. The number of allylic oxidation sites excluding steroid dienone is 2. The Balaban J connectivity index is 1.85. The van der Waals surface area contributed by atoms with Crippen LogP contribution >= 0.6 is 23.2 Å². The van der Waals surface area contributed by atoms with Gasteiger partial charge in [-0.05, 0) is 44.4 Å². The van der Waals surface area contributed by atoms with Crippen molar-refractivity contribution in [2.24, 2.45) is 27.4 Å². The number of hydrogen-bond acceptors (Lipinski definition) is 5. The molecule has 0 bridgehead atoms. The molecular weight excluding hydrogens is 443 g/mol. The van der Waals surface area contributed by atoms with Gasteiger partial charge in [-0.25, -0.2) is 0 Å². The van der Waals surface area contributed by atoms with Crippen molar-refractivity contribution < 1.29 is 0 Å². The molecule has 0 atom stereocenters. The van der Waals surface area contributed by atoms with Gasteiger partial charge in [-0.15, -0.1) is 0 Å². The summed E-state index contributed by atoms with van der Waals surface area (Å²) in [5.41, 5.74) is 16.9. The molecule has 6 nitrogen and oxygen atoms in total. The second-order valence-electron chi connectivity index (χ2n) is 8.52. The number of aliphatic imine (C=N–C) groups is 2. The van der Waals surface area contributed by atoms with E-state index in [9.17, 15) is 0 Å². The van der Waals surface area contributed by atoms with Gasteiger partial charge in [-0.3, -0.25) is 9.98 Å². The van der Waals surface area contributed by atoms with E-state index in [0.717, 1.165) is 28.4 Å². The molecule has 0 spiro atoms. The number of nitrogens with one attached hydrogen (secondary N) is 1. The van der Waals surface area contributed by atoms with Gasteiger partial charge >= 0.3 is 0 Å². The van der Waals surface area contributed by atoms with E-state index in [4.69, 9.17) is 34.7 Å². The monoisotopic (exact) mass is 476 g/mol. The lowest BCUT2D eigenvalue weighted by Crippen LogP contribution is -2.38. The molecule has 1 saturated carbocycles. The lowest BCUT2D eigenvalue weighted by molar-refractivity contribution is 0.352. The molecule has 0 unspecified atom stereocenters. The molecule has 0 radical (unpaired) electrons. The second kappa shape index (κ2) is 11.1. The Bertz CT molecular complexity index is 957. The summed E-state index contributed by atoms with van der Waals surface area (Å²) in [5, 5.41) is 4.76. The van der Waals surface area contributed by atoms with Crippen LogP contribution < -0.4 is 16.8 Å². The highest BCUT2D eigenvalue weighted by atomic mass is 35.5. The Kier molecular flexibility index (Phi) is 8.49. The number of amidine groups is 2. The lowest BCUT2D eigenvalue weighted by Gasteiger charge is -2.31. The topological polar surface area (TPSA) is 92.0 Å². The first-order chi connectivity index (χ1) is 15.3. The zero-order valence-corrected chi connectivity index (χ0v) is 20.7. The molecule has 32 heavy (non-hydrogen) atoms. The summed E-state index contributed by atoms with van der Waals surface area (Å²) >= 11 is 13.0. The molecular formula is C24H34Cl2N6. The summed E-state index contributed by atoms with van der Waals surface area (Å²) in [4.78, 5) is 11.1. The third-order valence-corrected chi connectivity index (χ3v) is 7.14. The van der Waals surface area contributed by atoms with Crippen LogP contribution in [0.5, 0.6) is 0 Å². The third-order valence-electron chi connectivity index (χ3n) is 6.26. The molecule has 0 aromatic heterocycles. The van der Waals surface area contributed by atoms with E-state index in [-0.39, 0.29) is 0 Å². The standard InChI is InChI=1S/C24H34Cl2N6/c1-15-9-10-19(25)18(22(15)26)14-32-12-11-30-23(28)21(32)13-20(27)16(2)31-24(29-3)17-7-5-4-6-8-17/h9-10,13,17H,4-8,11-12,14,27H2,1-3H3,(H2,28,30)(H,29,31). The summed E-state index contributed by atoms with van der Waals surface area (Å²) in [6.45, 7) is 5.79. The van der Waals surface area contributed by atoms with Crippen LogP contribution in [0, 0.1) is 12.8 Å². The number of halogens is 2. The van der Waals surface area contributed by atoms with E-state index in [1.165, 1.54) is 32.1 Å². The minimum absolute atomic E-state index is 0.462. The van der Waals surface area contributed by atoms with E-state index in [0.29, 0.717) is 47.1 Å². The summed E-state index contributed by atoms with van der Waals surface area (Å²) < 4.78 is 0. The predicted molar refractivity (Wildman–Crippen MR) is 136 cm³/mol. The molecule has 2 aliphatic rings. The Morgan fingerprint density at radius 3 is 2.69 bits per heavy atom. The maximum absolute atomic E-state index is 6.56. The van der Waals surface area contributed by atoms with Crippen molar-refractivity contribution in [3.8, 4) is 0 Å². The van der Waals surface area contributed by atoms with Crippen LogP contribution in [0.4, 0.5) is 0 Å². The van der Waals surface area contributed by atoms with Crippen molar-refractivity contribution in [1.82, 2.24) is 10.2 Å². The van der Waals surface area contributed by atoms with Crippen molar-refractivity contribution in [2.45, 2.75) is 52.5 Å². The largest absolute Gasteiger partial charge is 0.397 e. The van der Waals surface area contributed by atoms with Gasteiger partial charge < -0.3 is 21.7 Å². The zero-order valence-electron chi connectivity index (χ0n) is 19.2. The maximum atomic E-state index is 6.56. The van der Waals surface area contributed by atoms with Crippen LogP contribution in [-0.2, 0) is 6.54 Å². The Labute approximate surface area is 201 Å². The van der Waals surface area contributed by atoms with E-state index >= 15 is 0 Å². The SMILES string of the molecule is CN=C(NC(C)=C(N)C=C1C(N)=NCCN1Cc1c(Cl)ccc(C)c1Cl)C1CCCCC1. The highest BCUT2D eigenvalue weighted by molar-refractivity contribution is 6.36. The molecule has 1 heterocycles. The number of aryl methyl sites for hydroxylation is 1. The van der Waals surface area contributed by atoms with Crippen LogP contribution in [0.1, 0.15) is 50.2 Å². The molecule has 174 valence electrons. The minimum atomic E-state index is 0.462. The molecule has 5 N–H and O–H groups in total. The Morgan fingerprint density at radius 1 is 1.28 bits per heavy atom. The summed E-state index contributed by atoms with van der Waals surface area (Å²) in [5.74, 6) is 1.93. The van der Waals surface area contributed by atoms with Crippen molar-refractivity contribution >= 4 is 34.9 Å². The van der Waals surface area contributed by atoms with Gasteiger partial charge in [0.2, 0.25) is 0 Å². The smallest absolute Gasteiger partial charge is 0.142 e. The van der Waals surface area contributed by atoms with Crippen LogP contribution in [0.25, 0.3) is 0 Å². The quantitative estimate of drug-likeness (QED) is 0.422. The van der Waals surface area contributed by atoms with Gasteiger partial charge in [0, 0.05) is 47.4 Å². The first-order valence-corrected chi connectivity index (χ1v) is 12.0. The molecule has 1 aromatic carbocycles. The fourth-order valence-electron chi connectivity index (χ4n) is 4.27. The normalized spacial score (nSPS) is 20.3. The third kappa shape index (κ3) is 5.78. The van der Waals surface area contributed by atoms with Crippen LogP contribution in [0.15, 0.2) is 45.3 Å². The van der Waals surface area contributed by atoms with Gasteiger partial charge in [-0.1, -0.05) is 48.5 Å². The van der Waals surface area contributed by atoms with Gasteiger partial charge in [0.1, 0.15) is 11.7 Å². The Hall–Kier alpha value is -2.18. The molecule has 1 aliphatic heterocycles. The fourth-order valence-corrected chi connectivity index (χ4v) is 4.76. The zero-order chi connectivity index (χ0) is 23.3. The first kappa shape index (κ1) is 24.5. The first-order valence-electron chi connectivity index (χ1n) is 11.2. The highest BCUT2D eigenvalue weighted by Gasteiger charge is 2.22. The number of nitrogens with zero attached hydrogens (tertiary/aromatic N) is 3. The van der Waals surface area contributed by atoms with Gasteiger partial charge in [0.25, 0.3) is 0 Å². The molecule has 0 amide bonds. The van der Waals surface area contributed by atoms with Crippen LogP contribution in [-0.4, -0.2) is 36.7 Å². The lowest BCUT2D eigenvalue weighted by atomic mass is 9.88. The van der Waals surface area contributed by atoms with Gasteiger partial charge in [0.05, 0.1) is 17.9 Å². The summed E-state index contributed by atoms with van der Waals surface area (Å²) in [6.07, 6.45) is 8.02. The molecule has 1 fully saturated rings. The molecule has 1 aliphatic carbocycles. The fraction of sp³-hybridized carbons (Fsp3) is 0.500. The van der Waals surface area contributed by atoms with E-state index in [1.54, 1.807) is 0 Å². The number of benzene rings is 1.